The number of esters is 5. The Labute approximate surface area is 593 Å². The number of phenols is 1. The number of unbranched alkanes of at least 4 members (excludes halogenated alkanes) is 1. The maximum Gasteiger partial charge on any atom is 0.350 e. The number of nitrogens with two attached hydrogens (primary N) is 2. The van der Waals surface area contributed by atoms with Crippen LogP contribution in [0.3, 0.4) is 0 Å². The molecule has 4 aliphatic rings. The van der Waals surface area contributed by atoms with Crippen LogP contribution in [-0.4, -0.2) is 171 Å². The van der Waals surface area contributed by atoms with Crippen LogP contribution in [0.5, 0.6) is 5.75 Å². The zero-order chi connectivity index (χ0) is 75.3. The number of hydrogen-bond acceptors (Lipinski definition) is 22. The number of aliphatic hydroxyl groups excluding tert-OH is 1. The number of benzene rings is 4. The van der Waals surface area contributed by atoms with E-state index in [9.17, 15) is 68.1 Å². The van der Waals surface area contributed by atoms with Gasteiger partial charge in [-0.2, -0.15) is 0 Å². The zero-order valence-electron chi connectivity index (χ0n) is 58.0. The summed E-state index contributed by atoms with van der Waals surface area (Å²) in [5.41, 5.74) is 3.47. The highest BCUT2D eigenvalue weighted by Crippen LogP contribution is 2.64. The van der Waals surface area contributed by atoms with Crippen LogP contribution in [-0.2, 0) is 81.2 Å². The lowest BCUT2D eigenvalue weighted by atomic mass is 9.44. The molecule has 0 radical (unpaired) electrons. The fraction of sp³-hybridized carbons (Fsp3) is 0.446. The first kappa shape index (κ1) is 78.1. The second kappa shape index (κ2) is 33.4. The topological polar surface area (TPSA) is 450 Å². The van der Waals surface area contributed by atoms with E-state index in [1.807, 2.05) is 0 Å². The Morgan fingerprint density at radius 1 is 0.709 bits per heavy atom. The molecule has 12 N–H and O–H groups in total. The summed E-state index contributed by atoms with van der Waals surface area (Å²) in [4.78, 5) is 178. The Hall–Kier alpha value is -10.7. The van der Waals surface area contributed by atoms with Gasteiger partial charge in [0.2, 0.25) is 41.5 Å². The van der Waals surface area contributed by atoms with Crippen molar-refractivity contribution in [1.82, 2.24) is 26.6 Å². The number of primary amides is 2. The van der Waals surface area contributed by atoms with E-state index in [2.05, 4.69) is 26.6 Å². The summed E-state index contributed by atoms with van der Waals surface area (Å²) in [6.07, 6.45) is -10.4. The van der Waals surface area contributed by atoms with Crippen molar-refractivity contribution in [2.24, 2.45) is 28.2 Å². The number of nitrogens with one attached hydrogen (secondary N) is 5. The molecule has 550 valence electrons. The summed E-state index contributed by atoms with van der Waals surface area (Å²) < 4.78 is 37.0. The summed E-state index contributed by atoms with van der Waals surface area (Å²) in [5, 5.41) is 48.7. The molecule has 1 aliphatic heterocycles. The number of aromatic hydroxyl groups is 1. The molecule has 0 spiro atoms. The van der Waals surface area contributed by atoms with Gasteiger partial charge in [0.15, 0.2) is 17.5 Å². The first-order chi connectivity index (χ1) is 48.7. The van der Waals surface area contributed by atoms with Gasteiger partial charge in [-0.1, -0.05) is 92.7 Å². The minimum absolute atomic E-state index is 0.00299. The van der Waals surface area contributed by atoms with Gasteiger partial charge >= 0.3 is 29.8 Å². The summed E-state index contributed by atoms with van der Waals surface area (Å²) in [7, 11) is 0. The molecule has 4 aromatic carbocycles. The average Bonchev–Trinajstić information content (AvgIpc) is 0.669. The lowest BCUT2D eigenvalue weighted by molar-refractivity contribution is -0.346. The molecule has 7 amide bonds. The van der Waals surface area contributed by atoms with Crippen LogP contribution >= 0.6 is 0 Å². The van der Waals surface area contributed by atoms with E-state index in [0.29, 0.717) is 5.56 Å². The maximum atomic E-state index is 15.9. The van der Waals surface area contributed by atoms with E-state index in [1.165, 1.54) is 89.2 Å². The molecule has 29 nitrogen and oxygen atoms in total. The first-order valence-electron chi connectivity index (χ1n) is 33.7. The van der Waals surface area contributed by atoms with Crippen molar-refractivity contribution >= 4 is 83.1 Å². The van der Waals surface area contributed by atoms with Crippen LogP contribution in [0.25, 0.3) is 6.08 Å². The Morgan fingerprint density at radius 3 is 1.91 bits per heavy atom. The largest absolute Gasteiger partial charge is 0.508 e. The van der Waals surface area contributed by atoms with Crippen molar-refractivity contribution in [3.63, 3.8) is 0 Å². The summed E-state index contributed by atoms with van der Waals surface area (Å²) in [5.74, 6) is -13.4. The molecule has 3 aliphatic carbocycles. The molecular formula is C74H87N7O22. The molecule has 3 fully saturated rings. The SMILES string of the molecule is CC(=O)O[C@H]1C(=O)[C@@]2(C)[C@H]([C@H](OC(=O)c3ccccc3)[C@]3(O)C[C@H](OC(=O)[C@H](OC(=O)CCC(=O)NCCCCC(NC(=O)CC[C@H](NC(=O)C(C)NC(=O)/C=C/c4ccc(O)cc4)C(N)=O)C(N)=O)[C@@H](NC(=O)c4ccccc4)c4ccccc4)C(C)=C1C3(C)C)[C@]1(OC(C)=O)CO[C@@H]1C[C@@H]2O. The van der Waals surface area contributed by atoms with Gasteiger partial charge in [0.25, 0.3) is 5.91 Å². The normalized spacial score (nSPS) is 24.5. The number of amides is 7. The molecule has 1 saturated heterocycles. The van der Waals surface area contributed by atoms with E-state index in [4.69, 9.17) is 39.9 Å². The second-order valence-corrected chi connectivity index (χ2v) is 26.8. The van der Waals surface area contributed by atoms with Gasteiger partial charge in [0.1, 0.15) is 53.8 Å². The Bertz CT molecular complexity index is 3930. The van der Waals surface area contributed by atoms with Crippen molar-refractivity contribution in [3.8, 4) is 5.75 Å². The third-order valence-corrected chi connectivity index (χ3v) is 19.6. The van der Waals surface area contributed by atoms with E-state index < -0.39 is 198 Å². The van der Waals surface area contributed by atoms with E-state index >= 15 is 9.59 Å². The molecule has 2 saturated carbocycles. The lowest BCUT2D eigenvalue weighted by Crippen LogP contribution is -2.82. The molecule has 14 atom stereocenters. The van der Waals surface area contributed by atoms with Gasteiger partial charge in [0, 0.05) is 63.1 Å². The number of rotatable bonds is 30. The smallest absolute Gasteiger partial charge is 0.350 e. The molecule has 8 rings (SSSR count). The van der Waals surface area contributed by atoms with Crippen LogP contribution in [0.4, 0.5) is 0 Å². The molecule has 29 heteroatoms. The Balaban J connectivity index is 0.982. The maximum absolute atomic E-state index is 15.9. The highest BCUT2D eigenvalue weighted by Gasteiger charge is 2.78. The third kappa shape index (κ3) is 18.0. The molecule has 1 heterocycles. The quantitative estimate of drug-likeness (QED) is 0.0118. The van der Waals surface area contributed by atoms with Crippen molar-refractivity contribution in [1.29, 1.82) is 0 Å². The van der Waals surface area contributed by atoms with Gasteiger partial charge in [-0.15, -0.1) is 0 Å². The average molecular weight is 1430 g/mol. The third-order valence-electron chi connectivity index (χ3n) is 19.6. The molecule has 0 aromatic heterocycles. The van der Waals surface area contributed by atoms with E-state index in [1.54, 1.807) is 66.7 Å². The standard InChI is InChI=1S/C74H87N7O22/c1-40-51(38-74(97)64(102-69(95)47-23-15-10-16-24-47)62-72(7,52(85)37-53-73(62,39-98-53)103-43(4)83)63(90)60(99-42(3)82)58(40)71(74,5)6)100-70(96)61(59(45-19-11-8-12-20-45)81-68(94)46-21-13-9-14-22-46)101-57(89)35-34-54(86)77-36-18-17-25-49(65(75)91)79-56(88)33-31-50(66(76)92)80-67(93)41(2)78-55(87)32-28-44-26-29-48(84)30-27-44/h8-16,19-24,26-30,32,41,49-53,59-62,64,84-85,97H,17-18,25,31,33-39H2,1-7H3,(H2,75,91)(H2,76,92)(H,77,86)(H,78,87)(H,79,88)(H,80,93)(H,81,94)/b32-28+/t41?,49?,50-,51-,52-,53+,59-,60+,61+,62-,64-,72+,73-,74+/m0/s1. The number of ether oxygens (including phenoxy) is 6. The number of aliphatic hydroxyl groups is 2. The number of Topliss-reactive ketones (excluding diaryl/α,β-unsaturated/α-hetero) is 1. The van der Waals surface area contributed by atoms with Crippen LogP contribution < -0.4 is 38.1 Å². The van der Waals surface area contributed by atoms with Gasteiger partial charge < -0.3 is 81.8 Å². The summed E-state index contributed by atoms with van der Waals surface area (Å²) >= 11 is 0. The van der Waals surface area contributed by atoms with Crippen LogP contribution in [0, 0.1) is 16.7 Å². The van der Waals surface area contributed by atoms with Gasteiger partial charge in [-0.05, 0) is 111 Å². The Kier molecular flexibility index (Phi) is 25.3. The second-order valence-electron chi connectivity index (χ2n) is 26.8. The van der Waals surface area contributed by atoms with Crippen molar-refractivity contribution in [3.05, 3.63) is 155 Å². The Morgan fingerprint density at radius 2 is 1.32 bits per heavy atom. The fourth-order valence-electron chi connectivity index (χ4n) is 14.0. The highest BCUT2D eigenvalue weighted by molar-refractivity contribution is 5.98. The van der Waals surface area contributed by atoms with E-state index in [0.717, 1.165) is 19.9 Å². The van der Waals surface area contributed by atoms with Crippen LogP contribution in [0.1, 0.15) is 144 Å². The van der Waals surface area contributed by atoms with Gasteiger partial charge in [0.05, 0.1) is 36.0 Å². The zero-order valence-corrected chi connectivity index (χ0v) is 58.0. The predicted molar refractivity (Wildman–Crippen MR) is 364 cm³/mol. The predicted octanol–water partition coefficient (Wildman–Crippen LogP) is 3.00. The number of hydrogen-bond donors (Lipinski definition) is 10. The minimum atomic E-state index is -2.57. The van der Waals surface area contributed by atoms with E-state index in [-0.39, 0.29) is 72.2 Å². The first-order valence-corrected chi connectivity index (χ1v) is 33.7. The molecule has 2 bridgehead atoms. The molecule has 2 unspecified atom stereocenters. The molecular weight excluding hydrogens is 1340 g/mol. The minimum Gasteiger partial charge on any atom is -0.508 e. The number of carbonyl (C=O) groups excluding carboxylic acids is 13. The van der Waals surface area contributed by atoms with Crippen molar-refractivity contribution < 1.29 is 106 Å². The molecule has 103 heavy (non-hydrogen) atoms. The number of carbonyl (C=O) groups is 13. The lowest BCUT2D eigenvalue weighted by Gasteiger charge is -2.67. The monoisotopic (exact) mass is 1430 g/mol. The number of phenolic OH excluding ortho intramolecular Hbond substituents is 1. The van der Waals surface area contributed by atoms with Gasteiger partial charge in [-0.3, -0.25) is 52.7 Å². The van der Waals surface area contributed by atoms with Gasteiger partial charge in [-0.25, -0.2) is 9.59 Å². The van der Waals surface area contributed by atoms with Crippen LogP contribution in [0.15, 0.2) is 132 Å². The highest BCUT2D eigenvalue weighted by atomic mass is 16.6. The van der Waals surface area contributed by atoms with Crippen LogP contribution in [0.2, 0.25) is 0 Å². The molecule has 4 aromatic rings. The van der Waals surface area contributed by atoms with Crippen molar-refractivity contribution in [2.45, 2.75) is 178 Å². The number of fused-ring (bicyclic) bond motifs is 5. The summed E-state index contributed by atoms with van der Waals surface area (Å²) in [6, 6.07) is 24.0. The number of ketones is 1. The summed E-state index contributed by atoms with van der Waals surface area (Å²) in [6.45, 7) is 8.88. The van der Waals surface area contributed by atoms with Crippen molar-refractivity contribution in [2.75, 3.05) is 13.2 Å². The fourth-order valence-corrected chi connectivity index (χ4v) is 14.0.